The lowest BCUT2D eigenvalue weighted by Crippen LogP contribution is -2.31. The second-order valence-electron chi connectivity index (χ2n) is 9.30. The number of carbonyl (C=O) groups is 1. The lowest BCUT2D eigenvalue weighted by atomic mass is 9.99. The number of methoxy groups -OCH3 is 2. The molecule has 0 unspecified atom stereocenters. The van der Waals surface area contributed by atoms with Gasteiger partial charge in [-0.05, 0) is 61.7 Å². The second-order valence-corrected chi connectivity index (χ2v) is 9.30. The summed E-state index contributed by atoms with van der Waals surface area (Å²) in [5, 5.41) is 6.53. The number of ether oxygens (including phenoxy) is 2. The van der Waals surface area contributed by atoms with Gasteiger partial charge >= 0.3 is 0 Å². The van der Waals surface area contributed by atoms with Crippen LogP contribution in [0.4, 0.5) is 11.4 Å². The molecule has 6 nitrogen and oxygen atoms in total. The van der Waals surface area contributed by atoms with Crippen molar-refractivity contribution in [1.29, 1.82) is 0 Å². The molecular weight excluding hydrogens is 450 g/mol. The Balaban J connectivity index is 1.45. The number of carbonyl (C=O) groups excluding carboxylic acids is 1. The molecule has 3 aromatic rings. The first-order valence-electron chi connectivity index (χ1n) is 12.6. The van der Waals surface area contributed by atoms with Crippen LogP contribution in [0.1, 0.15) is 36.0 Å². The summed E-state index contributed by atoms with van der Waals surface area (Å²) >= 11 is 0. The van der Waals surface area contributed by atoms with E-state index in [-0.39, 0.29) is 5.91 Å². The number of nitrogens with zero attached hydrogens (tertiary/aromatic N) is 1. The van der Waals surface area contributed by atoms with Crippen molar-refractivity contribution in [1.82, 2.24) is 4.90 Å². The van der Waals surface area contributed by atoms with Gasteiger partial charge in [-0.1, -0.05) is 48.9 Å². The minimum absolute atomic E-state index is 0.162. The predicted octanol–water partition coefficient (Wildman–Crippen LogP) is 5.66. The maximum Gasteiger partial charge on any atom is 0.258 e. The van der Waals surface area contributed by atoms with Crippen molar-refractivity contribution >= 4 is 28.6 Å². The Hall–Kier alpha value is -3.77. The zero-order valence-electron chi connectivity index (χ0n) is 21.0. The Morgan fingerprint density at radius 2 is 1.61 bits per heavy atom. The molecule has 1 saturated heterocycles. The average Bonchev–Trinajstić information content (AvgIpc) is 3.25. The third kappa shape index (κ3) is 5.09. The SMILES string of the molecule is COc1cc2c(cc1OC)C(=C(Nc1ccc(CCN3CCCCC3)cc1)c1ccccc1)C(=O)N2. The summed E-state index contributed by atoms with van der Waals surface area (Å²) in [5.74, 6) is 0.993. The normalized spacial score (nSPS) is 16.8. The Kier molecular flexibility index (Phi) is 7.23. The molecule has 2 aliphatic heterocycles. The van der Waals surface area contributed by atoms with Gasteiger partial charge < -0.3 is 25.0 Å². The van der Waals surface area contributed by atoms with E-state index in [1.807, 2.05) is 36.4 Å². The van der Waals surface area contributed by atoms with Crippen LogP contribution >= 0.6 is 0 Å². The van der Waals surface area contributed by atoms with Gasteiger partial charge in [-0.25, -0.2) is 0 Å². The summed E-state index contributed by atoms with van der Waals surface area (Å²) in [6, 6.07) is 22.1. The second kappa shape index (κ2) is 10.9. The van der Waals surface area contributed by atoms with Crippen LogP contribution in [0.2, 0.25) is 0 Å². The van der Waals surface area contributed by atoms with Crippen LogP contribution in [0.3, 0.4) is 0 Å². The number of hydrogen-bond donors (Lipinski definition) is 2. The van der Waals surface area contributed by atoms with Crippen molar-refractivity contribution in [3.8, 4) is 11.5 Å². The fourth-order valence-corrected chi connectivity index (χ4v) is 5.00. The smallest absolute Gasteiger partial charge is 0.258 e. The fourth-order valence-electron chi connectivity index (χ4n) is 5.00. The van der Waals surface area contributed by atoms with Crippen molar-refractivity contribution in [2.75, 3.05) is 44.5 Å². The molecule has 2 heterocycles. The highest BCUT2D eigenvalue weighted by Crippen LogP contribution is 2.43. The first kappa shape index (κ1) is 23.9. The van der Waals surface area contributed by atoms with Gasteiger partial charge in [-0.15, -0.1) is 0 Å². The van der Waals surface area contributed by atoms with Crippen molar-refractivity contribution in [2.45, 2.75) is 25.7 Å². The molecule has 186 valence electrons. The number of likely N-dealkylation sites (tertiary alicyclic amines) is 1. The lowest BCUT2D eigenvalue weighted by Gasteiger charge is -2.26. The molecule has 36 heavy (non-hydrogen) atoms. The monoisotopic (exact) mass is 483 g/mol. The quantitative estimate of drug-likeness (QED) is 0.405. The van der Waals surface area contributed by atoms with Crippen LogP contribution in [0, 0.1) is 0 Å². The van der Waals surface area contributed by atoms with Gasteiger partial charge in [-0.3, -0.25) is 4.79 Å². The maximum absolute atomic E-state index is 13.2. The molecule has 0 radical (unpaired) electrons. The number of amides is 1. The molecule has 0 bridgehead atoms. The van der Waals surface area contributed by atoms with E-state index in [4.69, 9.17) is 9.47 Å². The molecule has 3 aromatic carbocycles. The van der Waals surface area contributed by atoms with Crippen LogP contribution in [-0.4, -0.2) is 44.7 Å². The van der Waals surface area contributed by atoms with Crippen LogP contribution in [-0.2, 0) is 11.2 Å². The summed E-state index contributed by atoms with van der Waals surface area (Å²) in [6.07, 6.45) is 5.04. The number of rotatable bonds is 8. The molecule has 0 spiro atoms. The molecule has 0 aliphatic carbocycles. The first-order chi connectivity index (χ1) is 17.7. The number of fused-ring (bicyclic) bond motifs is 1. The largest absolute Gasteiger partial charge is 0.493 e. The highest BCUT2D eigenvalue weighted by molar-refractivity contribution is 6.37. The van der Waals surface area contributed by atoms with Crippen LogP contribution in [0.15, 0.2) is 66.7 Å². The van der Waals surface area contributed by atoms with E-state index in [1.54, 1.807) is 20.3 Å². The molecule has 1 fully saturated rings. The summed E-state index contributed by atoms with van der Waals surface area (Å²) in [4.78, 5) is 15.8. The summed E-state index contributed by atoms with van der Waals surface area (Å²) < 4.78 is 10.9. The van der Waals surface area contributed by atoms with Crippen LogP contribution < -0.4 is 20.1 Å². The Morgan fingerprint density at radius 3 is 2.31 bits per heavy atom. The highest BCUT2D eigenvalue weighted by Gasteiger charge is 2.30. The molecule has 6 heteroatoms. The summed E-state index contributed by atoms with van der Waals surface area (Å²) in [7, 11) is 3.19. The van der Waals surface area contributed by atoms with Crippen molar-refractivity contribution in [3.63, 3.8) is 0 Å². The third-order valence-corrected chi connectivity index (χ3v) is 6.97. The van der Waals surface area contributed by atoms with Gasteiger partial charge in [0, 0.05) is 23.9 Å². The minimum atomic E-state index is -0.162. The molecule has 1 amide bonds. The van der Waals surface area contributed by atoms with E-state index in [9.17, 15) is 4.79 Å². The van der Waals surface area contributed by atoms with E-state index in [0.29, 0.717) is 22.8 Å². The van der Waals surface area contributed by atoms with Crippen LogP contribution in [0.5, 0.6) is 11.5 Å². The number of hydrogen-bond acceptors (Lipinski definition) is 5. The zero-order valence-corrected chi connectivity index (χ0v) is 21.0. The average molecular weight is 484 g/mol. The Morgan fingerprint density at radius 1 is 0.917 bits per heavy atom. The standard InChI is InChI=1S/C30H33N3O3/c1-35-26-19-24-25(20-27(26)36-2)32-30(34)28(24)29(22-9-5-3-6-10-22)31-23-13-11-21(12-14-23)15-18-33-16-7-4-8-17-33/h3,5-6,9-14,19-20,31H,4,7-8,15-18H2,1-2H3,(H,32,34). The van der Waals surface area contributed by atoms with Gasteiger partial charge in [0.2, 0.25) is 0 Å². The predicted molar refractivity (Wildman–Crippen MR) is 145 cm³/mol. The van der Waals surface area contributed by atoms with E-state index < -0.39 is 0 Å². The van der Waals surface area contributed by atoms with Crippen molar-refractivity contribution < 1.29 is 14.3 Å². The fraction of sp³-hybridized carbons (Fsp3) is 0.300. The number of nitrogens with one attached hydrogen (secondary N) is 2. The molecule has 0 aromatic heterocycles. The zero-order chi connectivity index (χ0) is 24.9. The number of benzene rings is 3. The maximum atomic E-state index is 13.2. The number of anilines is 2. The molecule has 0 atom stereocenters. The van der Waals surface area contributed by atoms with Gasteiger partial charge in [-0.2, -0.15) is 0 Å². The van der Waals surface area contributed by atoms with Gasteiger partial charge in [0.15, 0.2) is 11.5 Å². The van der Waals surface area contributed by atoms with Crippen LogP contribution in [0.25, 0.3) is 11.3 Å². The Labute approximate surface area is 212 Å². The van der Waals surface area contributed by atoms with Crippen molar-refractivity contribution in [3.05, 3.63) is 83.4 Å². The van der Waals surface area contributed by atoms with E-state index in [2.05, 4.69) is 39.8 Å². The molecule has 2 aliphatic rings. The van der Waals surface area contributed by atoms with Crippen molar-refractivity contribution in [2.24, 2.45) is 0 Å². The minimum Gasteiger partial charge on any atom is -0.493 e. The first-order valence-corrected chi connectivity index (χ1v) is 12.6. The van der Waals surface area contributed by atoms with E-state index in [1.165, 1.54) is 37.9 Å². The summed E-state index contributed by atoms with van der Waals surface area (Å²) in [5.41, 5.74) is 6.00. The number of piperidine rings is 1. The van der Waals surface area contributed by atoms with E-state index in [0.717, 1.165) is 35.5 Å². The lowest BCUT2D eigenvalue weighted by molar-refractivity contribution is -0.110. The van der Waals surface area contributed by atoms with E-state index >= 15 is 0 Å². The molecular formula is C30H33N3O3. The Bertz CT molecular complexity index is 1250. The molecule has 0 saturated carbocycles. The highest BCUT2D eigenvalue weighted by atomic mass is 16.5. The van der Waals surface area contributed by atoms with Gasteiger partial charge in [0.25, 0.3) is 5.91 Å². The summed E-state index contributed by atoms with van der Waals surface area (Å²) in [6.45, 7) is 3.54. The molecule has 5 rings (SSSR count). The van der Waals surface area contributed by atoms with Gasteiger partial charge in [0.1, 0.15) is 0 Å². The third-order valence-electron chi connectivity index (χ3n) is 6.97. The van der Waals surface area contributed by atoms with Gasteiger partial charge in [0.05, 0.1) is 31.2 Å². The topological polar surface area (TPSA) is 62.8 Å². The molecule has 2 N–H and O–H groups in total.